The first kappa shape index (κ1) is 14.0. The molecule has 0 aliphatic carbocycles. The van der Waals surface area contributed by atoms with Crippen LogP contribution in [-0.2, 0) is 0 Å². The van der Waals surface area contributed by atoms with Crippen LogP contribution < -0.4 is 0 Å². The number of aliphatic hydroxyl groups excluding tert-OH is 1. The number of aliphatic hydroxyl groups is 1. The quantitative estimate of drug-likeness (QED) is 0.644. The molecular weight excluding hydrogens is 198 g/mol. The van der Waals surface area contributed by atoms with Crippen molar-refractivity contribution in [2.45, 2.75) is 58.3 Å². The van der Waals surface area contributed by atoms with E-state index in [9.17, 15) is 0 Å². The summed E-state index contributed by atoms with van der Waals surface area (Å²) in [6.45, 7) is 6.36. The third-order valence-corrected chi connectivity index (χ3v) is 3.79. The van der Waals surface area contributed by atoms with E-state index in [0.29, 0.717) is 12.5 Å². The van der Waals surface area contributed by atoms with Crippen LogP contribution >= 0.6 is 0 Å². The van der Waals surface area contributed by atoms with Crippen molar-refractivity contribution in [2.75, 3.05) is 26.2 Å². The molecule has 1 rings (SSSR count). The maximum Gasteiger partial charge on any atom is 0.0460 e. The van der Waals surface area contributed by atoms with E-state index in [1.165, 1.54) is 71.0 Å². The first-order valence-electron chi connectivity index (χ1n) is 7.20. The average molecular weight is 227 g/mol. The van der Waals surface area contributed by atoms with Crippen molar-refractivity contribution in [1.29, 1.82) is 0 Å². The Hall–Kier alpha value is -0.0800. The van der Waals surface area contributed by atoms with Crippen LogP contribution in [0.5, 0.6) is 0 Å². The van der Waals surface area contributed by atoms with Gasteiger partial charge in [-0.25, -0.2) is 0 Å². The van der Waals surface area contributed by atoms with Gasteiger partial charge in [0.05, 0.1) is 0 Å². The van der Waals surface area contributed by atoms with Crippen LogP contribution in [0.4, 0.5) is 0 Å². The molecular formula is C14H29NO. The SMILES string of the molecule is CCCCCCCCN1CCC(CO)CC1. The minimum Gasteiger partial charge on any atom is -0.396 e. The molecule has 96 valence electrons. The maximum absolute atomic E-state index is 9.06. The normalized spacial score (nSPS) is 19.1. The Morgan fingerprint density at radius 2 is 1.62 bits per heavy atom. The van der Waals surface area contributed by atoms with E-state index < -0.39 is 0 Å². The lowest BCUT2D eigenvalue weighted by Gasteiger charge is -2.30. The molecule has 0 aromatic rings. The van der Waals surface area contributed by atoms with Crippen molar-refractivity contribution in [3.8, 4) is 0 Å². The van der Waals surface area contributed by atoms with Gasteiger partial charge in [0.1, 0.15) is 0 Å². The van der Waals surface area contributed by atoms with Crippen molar-refractivity contribution in [1.82, 2.24) is 4.90 Å². The van der Waals surface area contributed by atoms with Crippen LogP contribution in [0.25, 0.3) is 0 Å². The zero-order valence-electron chi connectivity index (χ0n) is 11.0. The monoisotopic (exact) mass is 227 g/mol. The van der Waals surface area contributed by atoms with Gasteiger partial charge >= 0.3 is 0 Å². The van der Waals surface area contributed by atoms with Gasteiger partial charge in [-0.2, -0.15) is 0 Å². The second-order valence-corrected chi connectivity index (χ2v) is 5.24. The molecule has 1 N–H and O–H groups in total. The molecule has 0 saturated carbocycles. The maximum atomic E-state index is 9.06. The first-order chi connectivity index (χ1) is 7.86. The largest absolute Gasteiger partial charge is 0.396 e. The highest BCUT2D eigenvalue weighted by atomic mass is 16.3. The van der Waals surface area contributed by atoms with Crippen molar-refractivity contribution in [2.24, 2.45) is 5.92 Å². The highest BCUT2D eigenvalue weighted by molar-refractivity contribution is 4.71. The third-order valence-electron chi connectivity index (χ3n) is 3.79. The minimum atomic E-state index is 0.394. The number of rotatable bonds is 8. The van der Waals surface area contributed by atoms with Gasteiger partial charge in [-0.05, 0) is 44.8 Å². The van der Waals surface area contributed by atoms with Crippen molar-refractivity contribution >= 4 is 0 Å². The van der Waals surface area contributed by atoms with Gasteiger partial charge in [0.25, 0.3) is 0 Å². The Morgan fingerprint density at radius 1 is 1.00 bits per heavy atom. The van der Waals surface area contributed by atoms with Crippen LogP contribution in [0.2, 0.25) is 0 Å². The summed E-state index contributed by atoms with van der Waals surface area (Å²) in [6, 6.07) is 0. The van der Waals surface area contributed by atoms with Crippen LogP contribution in [0.15, 0.2) is 0 Å². The lowest BCUT2D eigenvalue weighted by Crippen LogP contribution is -2.35. The molecule has 2 heteroatoms. The van der Waals surface area contributed by atoms with E-state index in [0.717, 1.165) is 0 Å². The molecule has 0 bridgehead atoms. The fourth-order valence-electron chi connectivity index (χ4n) is 2.51. The number of unbranched alkanes of at least 4 members (excludes halogenated alkanes) is 5. The van der Waals surface area contributed by atoms with E-state index in [1.807, 2.05) is 0 Å². The molecule has 1 saturated heterocycles. The molecule has 1 aliphatic heterocycles. The zero-order valence-corrected chi connectivity index (χ0v) is 11.0. The average Bonchev–Trinajstić information content (AvgIpc) is 2.34. The van der Waals surface area contributed by atoms with Crippen molar-refractivity contribution in [3.05, 3.63) is 0 Å². The summed E-state index contributed by atoms with van der Waals surface area (Å²) in [7, 11) is 0. The molecule has 0 aromatic carbocycles. The van der Waals surface area contributed by atoms with E-state index in [4.69, 9.17) is 5.11 Å². The highest BCUT2D eigenvalue weighted by Gasteiger charge is 2.17. The summed E-state index contributed by atoms with van der Waals surface area (Å²) in [5.41, 5.74) is 0. The molecule has 1 aliphatic rings. The summed E-state index contributed by atoms with van der Waals surface area (Å²) < 4.78 is 0. The van der Waals surface area contributed by atoms with E-state index in [1.54, 1.807) is 0 Å². The van der Waals surface area contributed by atoms with E-state index in [2.05, 4.69) is 11.8 Å². The molecule has 2 nitrogen and oxygen atoms in total. The summed E-state index contributed by atoms with van der Waals surface area (Å²) in [4.78, 5) is 2.58. The Bertz CT molecular complexity index is 153. The fraction of sp³-hybridized carbons (Fsp3) is 1.00. The van der Waals surface area contributed by atoms with Crippen LogP contribution in [0.3, 0.4) is 0 Å². The molecule has 16 heavy (non-hydrogen) atoms. The lowest BCUT2D eigenvalue weighted by molar-refractivity contribution is 0.130. The molecule has 0 atom stereocenters. The van der Waals surface area contributed by atoms with E-state index in [-0.39, 0.29) is 0 Å². The van der Waals surface area contributed by atoms with Crippen LogP contribution in [0.1, 0.15) is 58.3 Å². The number of likely N-dealkylation sites (tertiary alicyclic amines) is 1. The molecule has 0 unspecified atom stereocenters. The van der Waals surface area contributed by atoms with Crippen molar-refractivity contribution < 1.29 is 5.11 Å². The minimum absolute atomic E-state index is 0.394. The predicted molar refractivity (Wildman–Crippen MR) is 69.6 cm³/mol. The first-order valence-corrected chi connectivity index (χ1v) is 7.20. The van der Waals surface area contributed by atoms with Gasteiger partial charge in [0.15, 0.2) is 0 Å². The molecule has 0 aromatic heterocycles. The standard InChI is InChI=1S/C14H29NO/c1-2-3-4-5-6-7-10-15-11-8-14(13-16)9-12-15/h14,16H,2-13H2,1H3. The van der Waals surface area contributed by atoms with Crippen LogP contribution in [0, 0.1) is 5.92 Å². The summed E-state index contributed by atoms with van der Waals surface area (Å²) in [5, 5.41) is 9.06. The third kappa shape index (κ3) is 5.86. The molecule has 0 spiro atoms. The second kappa shape index (κ2) is 9.00. The number of nitrogens with zero attached hydrogens (tertiary/aromatic N) is 1. The Labute approximate surface area is 101 Å². The summed E-state index contributed by atoms with van der Waals surface area (Å²) >= 11 is 0. The topological polar surface area (TPSA) is 23.5 Å². The van der Waals surface area contributed by atoms with Gasteiger partial charge in [0.2, 0.25) is 0 Å². The predicted octanol–water partition coefficient (Wildman–Crippen LogP) is 3.05. The van der Waals surface area contributed by atoms with Crippen LogP contribution in [-0.4, -0.2) is 36.2 Å². The number of hydrogen-bond donors (Lipinski definition) is 1. The van der Waals surface area contributed by atoms with E-state index >= 15 is 0 Å². The number of hydrogen-bond acceptors (Lipinski definition) is 2. The van der Waals surface area contributed by atoms with Gasteiger partial charge in [-0.1, -0.05) is 39.0 Å². The van der Waals surface area contributed by atoms with Gasteiger partial charge in [-0.15, -0.1) is 0 Å². The lowest BCUT2D eigenvalue weighted by atomic mass is 9.98. The number of piperidine rings is 1. The molecule has 1 heterocycles. The fourth-order valence-corrected chi connectivity index (χ4v) is 2.51. The van der Waals surface area contributed by atoms with Gasteiger partial charge in [0, 0.05) is 6.61 Å². The van der Waals surface area contributed by atoms with Gasteiger partial charge < -0.3 is 10.0 Å². The molecule has 1 fully saturated rings. The summed E-state index contributed by atoms with van der Waals surface area (Å²) in [6.07, 6.45) is 10.8. The molecule has 0 radical (unpaired) electrons. The van der Waals surface area contributed by atoms with Crippen molar-refractivity contribution in [3.63, 3.8) is 0 Å². The summed E-state index contributed by atoms with van der Waals surface area (Å²) in [5.74, 6) is 0.584. The Kier molecular flexibility index (Phi) is 7.87. The molecule has 0 amide bonds. The Morgan fingerprint density at radius 3 is 2.25 bits per heavy atom. The highest BCUT2D eigenvalue weighted by Crippen LogP contribution is 2.17. The van der Waals surface area contributed by atoms with Gasteiger partial charge in [-0.3, -0.25) is 0 Å². The smallest absolute Gasteiger partial charge is 0.0460 e. The second-order valence-electron chi connectivity index (χ2n) is 5.24. The zero-order chi connectivity index (χ0) is 11.6. The Balaban J connectivity index is 1.90.